The number of carbonyl (C=O) groups excluding carboxylic acids is 2. The van der Waals surface area contributed by atoms with E-state index in [1.54, 1.807) is 24.3 Å². The van der Waals surface area contributed by atoms with Crippen molar-refractivity contribution < 1.29 is 9.59 Å². The van der Waals surface area contributed by atoms with Gasteiger partial charge in [-0.25, -0.2) is 0 Å². The van der Waals surface area contributed by atoms with Gasteiger partial charge in [-0.3, -0.25) is 19.9 Å². The summed E-state index contributed by atoms with van der Waals surface area (Å²) in [5.74, 6) is 0.215. The fraction of sp³-hybridized carbons (Fsp3) is 0.286. The predicted octanol–water partition coefficient (Wildman–Crippen LogP) is 2.65. The lowest BCUT2D eigenvalue weighted by atomic mass is 10.1. The third-order valence-corrected chi connectivity index (χ3v) is 4.11. The first-order valence-corrected chi connectivity index (χ1v) is 9.39. The van der Waals surface area contributed by atoms with Gasteiger partial charge in [0.1, 0.15) is 0 Å². The smallest absolute Gasteiger partial charge is 0.257 e. The van der Waals surface area contributed by atoms with Crippen molar-refractivity contribution in [1.82, 2.24) is 16.0 Å². The Bertz CT molecular complexity index is 875. The molecule has 0 fully saturated rings. The Morgan fingerprint density at radius 3 is 2.46 bits per heavy atom. The molecule has 28 heavy (non-hydrogen) atoms. The second-order valence-electron chi connectivity index (χ2n) is 6.88. The lowest BCUT2D eigenvalue weighted by Crippen LogP contribution is -2.43. The molecule has 3 rings (SSSR count). The van der Waals surface area contributed by atoms with Gasteiger partial charge in [0.2, 0.25) is 0 Å². The van der Waals surface area contributed by atoms with Crippen LogP contribution in [-0.4, -0.2) is 36.9 Å². The summed E-state index contributed by atoms with van der Waals surface area (Å²) in [6.07, 6.45) is 0.972. The molecule has 2 amide bonds. The Morgan fingerprint density at radius 2 is 1.79 bits per heavy atom. The van der Waals surface area contributed by atoms with Crippen LogP contribution in [0.2, 0.25) is 0 Å². The van der Waals surface area contributed by atoms with Crippen molar-refractivity contribution in [3.05, 3.63) is 59.7 Å². The van der Waals surface area contributed by atoms with E-state index < -0.39 is 0 Å². The van der Waals surface area contributed by atoms with E-state index in [0.717, 1.165) is 30.9 Å². The first kappa shape index (κ1) is 19.4. The SMILES string of the molecule is CC(C)NC(=O)c1cccc(Nc2ccc(C(=O)NC3=NCCCN3)cc2)c1. The topological polar surface area (TPSA) is 94.6 Å². The van der Waals surface area contributed by atoms with E-state index in [4.69, 9.17) is 0 Å². The molecule has 2 aromatic carbocycles. The number of amides is 2. The van der Waals surface area contributed by atoms with Crippen LogP contribution in [-0.2, 0) is 0 Å². The fourth-order valence-corrected chi connectivity index (χ4v) is 2.75. The van der Waals surface area contributed by atoms with Crippen LogP contribution in [0.3, 0.4) is 0 Å². The summed E-state index contributed by atoms with van der Waals surface area (Å²) in [6, 6.07) is 14.5. The fourth-order valence-electron chi connectivity index (χ4n) is 2.75. The summed E-state index contributed by atoms with van der Waals surface area (Å²) in [5.41, 5.74) is 2.77. The number of carbonyl (C=O) groups is 2. The first-order chi connectivity index (χ1) is 13.5. The number of rotatable bonds is 5. The third-order valence-electron chi connectivity index (χ3n) is 4.11. The van der Waals surface area contributed by atoms with Crippen LogP contribution in [0, 0.1) is 0 Å². The standard InChI is InChI=1S/C21H25N5O2/c1-14(2)24-20(28)16-5-3-6-18(13-16)25-17-9-7-15(8-10-17)19(27)26-21-22-11-4-12-23-21/h3,5-10,13-14,25H,4,11-12H2,1-2H3,(H,24,28)(H2,22,23,26,27). The van der Waals surface area contributed by atoms with Crippen molar-refractivity contribution in [3.8, 4) is 0 Å². The van der Waals surface area contributed by atoms with E-state index >= 15 is 0 Å². The number of hydrogen-bond acceptors (Lipinski definition) is 5. The quantitative estimate of drug-likeness (QED) is 0.642. The van der Waals surface area contributed by atoms with Gasteiger partial charge < -0.3 is 16.0 Å². The monoisotopic (exact) mass is 379 g/mol. The molecule has 0 aromatic heterocycles. The minimum Gasteiger partial charge on any atom is -0.356 e. The number of anilines is 2. The largest absolute Gasteiger partial charge is 0.356 e. The summed E-state index contributed by atoms with van der Waals surface area (Å²) < 4.78 is 0. The van der Waals surface area contributed by atoms with Gasteiger partial charge in [0, 0.05) is 41.6 Å². The van der Waals surface area contributed by atoms with E-state index in [2.05, 4.69) is 26.3 Å². The highest BCUT2D eigenvalue weighted by Gasteiger charge is 2.11. The Kier molecular flexibility index (Phi) is 6.26. The molecular weight excluding hydrogens is 354 g/mol. The lowest BCUT2D eigenvalue weighted by molar-refractivity contribution is 0.0941. The molecule has 0 atom stereocenters. The molecule has 146 valence electrons. The van der Waals surface area contributed by atoms with Gasteiger partial charge in [0.05, 0.1) is 0 Å². The number of benzene rings is 2. The van der Waals surface area contributed by atoms with Crippen LogP contribution in [0.4, 0.5) is 11.4 Å². The van der Waals surface area contributed by atoms with Gasteiger partial charge >= 0.3 is 0 Å². The lowest BCUT2D eigenvalue weighted by Gasteiger charge is -2.15. The van der Waals surface area contributed by atoms with Crippen LogP contribution >= 0.6 is 0 Å². The second kappa shape index (κ2) is 9.03. The van der Waals surface area contributed by atoms with Crippen LogP contribution in [0.15, 0.2) is 53.5 Å². The number of nitrogens with one attached hydrogen (secondary N) is 4. The summed E-state index contributed by atoms with van der Waals surface area (Å²) in [4.78, 5) is 28.7. The molecule has 7 nitrogen and oxygen atoms in total. The molecule has 1 aliphatic heterocycles. The Labute approximate surface area is 164 Å². The number of aliphatic imine (C=N–C) groups is 1. The van der Waals surface area contributed by atoms with E-state index in [1.165, 1.54) is 0 Å². The van der Waals surface area contributed by atoms with Crippen LogP contribution < -0.4 is 21.3 Å². The zero-order valence-electron chi connectivity index (χ0n) is 16.1. The number of guanidine groups is 1. The molecule has 4 N–H and O–H groups in total. The van der Waals surface area contributed by atoms with Gasteiger partial charge in [-0.1, -0.05) is 6.07 Å². The summed E-state index contributed by atoms with van der Waals surface area (Å²) in [5, 5.41) is 12.0. The van der Waals surface area contributed by atoms with E-state index in [9.17, 15) is 9.59 Å². The molecule has 7 heteroatoms. The average Bonchev–Trinajstić information content (AvgIpc) is 2.69. The second-order valence-corrected chi connectivity index (χ2v) is 6.88. The van der Waals surface area contributed by atoms with Gasteiger partial charge in [0.15, 0.2) is 5.96 Å². The van der Waals surface area contributed by atoms with E-state index in [0.29, 0.717) is 17.1 Å². The van der Waals surface area contributed by atoms with Crippen molar-refractivity contribution in [3.63, 3.8) is 0 Å². The number of hydrogen-bond donors (Lipinski definition) is 4. The minimum atomic E-state index is -0.202. The normalized spacial score (nSPS) is 13.3. The van der Waals surface area contributed by atoms with Crippen LogP contribution in [0.5, 0.6) is 0 Å². The maximum absolute atomic E-state index is 12.3. The molecule has 2 aromatic rings. The van der Waals surface area contributed by atoms with Gasteiger partial charge in [-0.05, 0) is 62.7 Å². The number of nitrogens with zero attached hydrogens (tertiary/aromatic N) is 1. The molecule has 0 spiro atoms. The Balaban J connectivity index is 1.63. The van der Waals surface area contributed by atoms with E-state index in [-0.39, 0.29) is 17.9 Å². The van der Waals surface area contributed by atoms with Crippen molar-refractivity contribution in [2.75, 3.05) is 18.4 Å². The highest BCUT2D eigenvalue weighted by atomic mass is 16.2. The third kappa shape index (κ3) is 5.33. The molecule has 0 saturated carbocycles. The van der Waals surface area contributed by atoms with Gasteiger partial charge in [-0.2, -0.15) is 0 Å². The predicted molar refractivity (Wildman–Crippen MR) is 111 cm³/mol. The maximum atomic E-state index is 12.3. The molecule has 1 heterocycles. The zero-order valence-corrected chi connectivity index (χ0v) is 16.1. The molecule has 1 aliphatic rings. The van der Waals surface area contributed by atoms with Gasteiger partial charge in [0.25, 0.3) is 11.8 Å². The van der Waals surface area contributed by atoms with Crippen molar-refractivity contribution in [1.29, 1.82) is 0 Å². The molecule has 0 radical (unpaired) electrons. The van der Waals surface area contributed by atoms with Gasteiger partial charge in [-0.15, -0.1) is 0 Å². The molecule has 0 saturated heterocycles. The van der Waals surface area contributed by atoms with Crippen molar-refractivity contribution in [2.24, 2.45) is 4.99 Å². The highest BCUT2D eigenvalue weighted by Crippen LogP contribution is 2.18. The maximum Gasteiger partial charge on any atom is 0.257 e. The van der Waals surface area contributed by atoms with Crippen LogP contribution in [0.25, 0.3) is 0 Å². The van der Waals surface area contributed by atoms with Crippen LogP contribution in [0.1, 0.15) is 41.0 Å². The summed E-state index contributed by atoms with van der Waals surface area (Å²) in [6.45, 7) is 5.39. The molecule has 0 unspecified atom stereocenters. The first-order valence-electron chi connectivity index (χ1n) is 9.39. The Morgan fingerprint density at radius 1 is 1.00 bits per heavy atom. The summed E-state index contributed by atoms with van der Waals surface area (Å²) in [7, 11) is 0. The van der Waals surface area contributed by atoms with Crippen molar-refractivity contribution >= 4 is 29.1 Å². The zero-order chi connectivity index (χ0) is 19.9. The highest BCUT2D eigenvalue weighted by molar-refractivity contribution is 6.06. The minimum absolute atomic E-state index is 0.0811. The molecule has 0 aliphatic carbocycles. The molecular formula is C21H25N5O2. The van der Waals surface area contributed by atoms with Crippen molar-refractivity contribution in [2.45, 2.75) is 26.3 Å². The molecule has 0 bridgehead atoms. The Hall–Kier alpha value is -3.35. The summed E-state index contributed by atoms with van der Waals surface area (Å²) >= 11 is 0. The van der Waals surface area contributed by atoms with E-state index in [1.807, 2.05) is 38.1 Å². The average molecular weight is 379 g/mol.